The van der Waals surface area contributed by atoms with Crippen molar-refractivity contribution in [1.82, 2.24) is 14.2 Å². The molecule has 1 amide bonds. The monoisotopic (exact) mass is 436 g/mol. The molecule has 0 atom stereocenters. The van der Waals surface area contributed by atoms with Gasteiger partial charge in [0.15, 0.2) is 5.13 Å². The highest BCUT2D eigenvalue weighted by Gasteiger charge is 2.30. The van der Waals surface area contributed by atoms with E-state index >= 15 is 0 Å². The molecule has 1 aromatic carbocycles. The van der Waals surface area contributed by atoms with Gasteiger partial charge in [0.2, 0.25) is 15.9 Å². The Hall–Kier alpha value is -1.81. The third kappa shape index (κ3) is 5.03. The average Bonchev–Trinajstić information content (AvgIpc) is 3.00. The van der Waals surface area contributed by atoms with Crippen LogP contribution in [0.1, 0.15) is 28.6 Å². The fraction of sp³-hybridized carbons (Fsp3) is 0.500. The van der Waals surface area contributed by atoms with Gasteiger partial charge in [0.05, 0.1) is 17.1 Å². The summed E-state index contributed by atoms with van der Waals surface area (Å²) < 4.78 is 27.5. The average molecular weight is 437 g/mol. The number of nitrogens with zero attached hydrogens (tertiary/aromatic N) is 3. The van der Waals surface area contributed by atoms with Gasteiger partial charge in [0.1, 0.15) is 0 Å². The van der Waals surface area contributed by atoms with E-state index in [9.17, 15) is 13.2 Å². The second kappa shape index (κ2) is 8.91. The molecule has 1 aliphatic rings. The van der Waals surface area contributed by atoms with Crippen molar-refractivity contribution in [2.24, 2.45) is 0 Å². The Balaban J connectivity index is 1.56. The minimum absolute atomic E-state index is 0.118. The molecule has 2 heterocycles. The molecule has 1 saturated heterocycles. The SMILES string of the molecule is CCc1nc(NC(=O)CN2CCN(S(=O)(=O)c3ccc(C)cc3C)CC2)sc1C. The van der Waals surface area contributed by atoms with Gasteiger partial charge in [0, 0.05) is 31.1 Å². The maximum Gasteiger partial charge on any atom is 0.243 e. The summed E-state index contributed by atoms with van der Waals surface area (Å²) in [6.07, 6.45) is 0.842. The van der Waals surface area contributed by atoms with Crippen LogP contribution in [0, 0.1) is 20.8 Å². The van der Waals surface area contributed by atoms with Crippen molar-refractivity contribution in [3.8, 4) is 0 Å². The zero-order valence-corrected chi connectivity index (χ0v) is 19.0. The summed E-state index contributed by atoms with van der Waals surface area (Å²) in [7, 11) is -3.52. The first kappa shape index (κ1) is 21.9. The molecule has 7 nitrogen and oxygen atoms in total. The van der Waals surface area contributed by atoms with E-state index < -0.39 is 10.0 Å². The van der Waals surface area contributed by atoms with Crippen LogP contribution >= 0.6 is 11.3 Å². The molecule has 1 fully saturated rings. The Kier molecular flexibility index (Phi) is 6.72. The molecule has 0 aliphatic carbocycles. The van der Waals surface area contributed by atoms with Crippen LogP contribution < -0.4 is 5.32 Å². The molecule has 1 aliphatic heterocycles. The quantitative estimate of drug-likeness (QED) is 0.753. The van der Waals surface area contributed by atoms with E-state index in [2.05, 4.69) is 10.3 Å². The molecule has 29 heavy (non-hydrogen) atoms. The highest BCUT2D eigenvalue weighted by atomic mass is 32.2. The molecule has 2 aromatic rings. The van der Waals surface area contributed by atoms with Crippen LogP contribution in [-0.4, -0.2) is 61.2 Å². The number of benzene rings is 1. The first-order valence-corrected chi connectivity index (χ1v) is 12.0. The lowest BCUT2D eigenvalue weighted by molar-refractivity contribution is -0.117. The molecular formula is C20H28N4O3S2. The zero-order valence-electron chi connectivity index (χ0n) is 17.4. The zero-order chi connectivity index (χ0) is 21.2. The van der Waals surface area contributed by atoms with E-state index in [0.717, 1.165) is 28.1 Å². The second-order valence-corrected chi connectivity index (χ2v) is 10.5. The van der Waals surface area contributed by atoms with Crippen LogP contribution in [0.4, 0.5) is 5.13 Å². The number of sulfonamides is 1. The van der Waals surface area contributed by atoms with Crippen LogP contribution in [0.15, 0.2) is 23.1 Å². The molecule has 1 N–H and O–H groups in total. The van der Waals surface area contributed by atoms with Gasteiger partial charge >= 0.3 is 0 Å². The number of nitrogens with one attached hydrogen (secondary N) is 1. The van der Waals surface area contributed by atoms with Crippen LogP contribution in [-0.2, 0) is 21.2 Å². The molecule has 0 spiro atoms. The minimum Gasteiger partial charge on any atom is -0.301 e. The van der Waals surface area contributed by atoms with Gasteiger partial charge in [-0.1, -0.05) is 24.6 Å². The molecule has 158 valence electrons. The van der Waals surface area contributed by atoms with E-state index in [1.165, 1.54) is 15.6 Å². The first-order valence-electron chi connectivity index (χ1n) is 9.76. The number of thiazole rings is 1. The van der Waals surface area contributed by atoms with E-state index in [1.54, 1.807) is 6.07 Å². The number of carbonyl (C=O) groups excluding carboxylic acids is 1. The number of rotatable bonds is 6. The van der Waals surface area contributed by atoms with E-state index in [0.29, 0.717) is 36.2 Å². The first-order chi connectivity index (χ1) is 13.7. The van der Waals surface area contributed by atoms with Crippen molar-refractivity contribution in [3.05, 3.63) is 39.9 Å². The van der Waals surface area contributed by atoms with Crippen molar-refractivity contribution in [2.75, 3.05) is 38.0 Å². The van der Waals surface area contributed by atoms with Gasteiger partial charge in [-0.25, -0.2) is 13.4 Å². The van der Waals surface area contributed by atoms with Crippen molar-refractivity contribution in [3.63, 3.8) is 0 Å². The lowest BCUT2D eigenvalue weighted by Gasteiger charge is -2.33. The number of piperazine rings is 1. The summed E-state index contributed by atoms with van der Waals surface area (Å²) in [5.41, 5.74) is 2.81. The third-order valence-electron chi connectivity index (χ3n) is 5.12. The topological polar surface area (TPSA) is 82.6 Å². The van der Waals surface area contributed by atoms with Crippen molar-refractivity contribution >= 4 is 32.4 Å². The predicted molar refractivity (Wildman–Crippen MR) is 116 cm³/mol. The standard InChI is InChI=1S/C20H28N4O3S2/c1-5-17-16(4)28-20(21-17)22-19(25)13-23-8-10-24(11-9-23)29(26,27)18-7-6-14(2)12-15(18)3/h6-7,12H,5,8-11,13H2,1-4H3,(H,21,22,25). The Morgan fingerprint density at radius 3 is 2.45 bits per heavy atom. The van der Waals surface area contributed by atoms with Crippen molar-refractivity contribution in [1.29, 1.82) is 0 Å². The van der Waals surface area contributed by atoms with Gasteiger partial charge in [-0.3, -0.25) is 9.69 Å². The summed E-state index contributed by atoms with van der Waals surface area (Å²) in [4.78, 5) is 20.2. The molecule has 9 heteroatoms. The Morgan fingerprint density at radius 1 is 1.17 bits per heavy atom. The van der Waals surface area contributed by atoms with Crippen molar-refractivity contribution in [2.45, 2.75) is 39.0 Å². The summed E-state index contributed by atoms with van der Waals surface area (Å²) in [6, 6.07) is 5.39. The van der Waals surface area contributed by atoms with Gasteiger partial charge in [-0.05, 0) is 38.8 Å². The lowest BCUT2D eigenvalue weighted by Crippen LogP contribution is -2.50. The molecule has 1 aromatic heterocycles. The summed E-state index contributed by atoms with van der Waals surface area (Å²) in [5.74, 6) is -0.118. The number of aromatic nitrogens is 1. The lowest BCUT2D eigenvalue weighted by atomic mass is 10.2. The molecular weight excluding hydrogens is 408 g/mol. The predicted octanol–water partition coefficient (Wildman–Crippen LogP) is 2.58. The van der Waals surface area contributed by atoms with E-state index in [1.807, 2.05) is 44.7 Å². The van der Waals surface area contributed by atoms with Gasteiger partial charge in [0.25, 0.3) is 0 Å². The molecule has 0 unspecified atom stereocenters. The Bertz CT molecular complexity index is 993. The van der Waals surface area contributed by atoms with Crippen LogP contribution in [0.25, 0.3) is 0 Å². The number of amides is 1. The minimum atomic E-state index is -3.52. The number of hydrogen-bond donors (Lipinski definition) is 1. The van der Waals surface area contributed by atoms with Gasteiger partial charge in [-0.2, -0.15) is 4.31 Å². The fourth-order valence-corrected chi connectivity index (χ4v) is 6.07. The van der Waals surface area contributed by atoms with Gasteiger partial charge < -0.3 is 5.32 Å². The highest BCUT2D eigenvalue weighted by molar-refractivity contribution is 7.89. The summed E-state index contributed by atoms with van der Waals surface area (Å²) in [5, 5.41) is 3.49. The Morgan fingerprint density at radius 2 is 1.86 bits per heavy atom. The number of anilines is 1. The maximum atomic E-state index is 13.0. The highest BCUT2D eigenvalue weighted by Crippen LogP contribution is 2.23. The maximum absolute atomic E-state index is 13.0. The smallest absolute Gasteiger partial charge is 0.243 e. The third-order valence-corrected chi connectivity index (χ3v) is 8.11. The van der Waals surface area contributed by atoms with Crippen LogP contribution in [0.2, 0.25) is 0 Å². The number of hydrogen-bond acceptors (Lipinski definition) is 6. The van der Waals surface area contributed by atoms with Crippen molar-refractivity contribution < 1.29 is 13.2 Å². The number of carbonyl (C=O) groups is 1. The number of aryl methyl sites for hydroxylation is 4. The molecule has 0 bridgehead atoms. The molecule has 3 rings (SSSR count). The summed E-state index contributed by atoms with van der Waals surface area (Å²) >= 11 is 1.48. The van der Waals surface area contributed by atoms with E-state index in [-0.39, 0.29) is 12.5 Å². The van der Waals surface area contributed by atoms with Crippen LogP contribution in [0.5, 0.6) is 0 Å². The normalized spacial score (nSPS) is 16.1. The van der Waals surface area contributed by atoms with E-state index in [4.69, 9.17) is 0 Å². The van der Waals surface area contributed by atoms with Crippen LogP contribution in [0.3, 0.4) is 0 Å². The largest absolute Gasteiger partial charge is 0.301 e. The summed E-state index contributed by atoms with van der Waals surface area (Å²) in [6.45, 7) is 9.84. The van der Waals surface area contributed by atoms with Gasteiger partial charge in [-0.15, -0.1) is 11.3 Å². The molecule has 0 saturated carbocycles. The second-order valence-electron chi connectivity index (χ2n) is 7.37. The molecule has 0 radical (unpaired) electrons. The Labute approximate surface area is 176 Å². The fourth-order valence-electron chi connectivity index (χ4n) is 3.53.